The minimum absolute atomic E-state index is 0.0639. The summed E-state index contributed by atoms with van der Waals surface area (Å²) in [6.45, 7) is 7.18. The molecule has 2 N–H and O–H groups in total. The van der Waals surface area contributed by atoms with Gasteiger partial charge in [-0.25, -0.2) is 0 Å². The van der Waals surface area contributed by atoms with Crippen LogP contribution in [-0.2, 0) is 6.54 Å². The van der Waals surface area contributed by atoms with Crippen LogP contribution < -0.4 is 10.6 Å². The number of carbonyl (C=O) groups is 1. The molecular formula is C17H26N4OS. The maximum atomic E-state index is 11.7. The number of carbonyl (C=O) groups excluding carboxylic acids is 1. The highest BCUT2D eigenvalue weighted by molar-refractivity contribution is 8.00. The molecule has 0 bridgehead atoms. The summed E-state index contributed by atoms with van der Waals surface area (Å²) >= 11 is 2.01. The summed E-state index contributed by atoms with van der Waals surface area (Å²) in [5.41, 5.74) is 1.75. The van der Waals surface area contributed by atoms with Crippen LogP contribution >= 0.6 is 11.8 Å². The lowest BCUT2D eigenvalue weighted by molar-refractivity contribution is 0.0963. The average molecular weight is 334 g/mol. The lowest BCUT2D eigenvalue weighted by atomic mass is 10.1. The highest BCUT2D eigenvalue weighted by atomic mass is 32.2. The molecule has 0 atom stereocenters. The molecule has 0 aliphatic carbocycles. The number of nitrogens with zero attached hydrogens (tertiary/aromatic N) is 2. The second-order valence-corrected chi connectivity index (χ2v) is 8.01. The van der Waals surface area contributed by atoms with E-state index in [4.69, 9.17) is 0 Å². The third-order valence-corrected chi connectivity index (χ3v) is 5.10. The molecule has 1 saturated heterocycles. The Morgan fingerprint density at radius 1 is 1.43 bits per heavy atom. The number of amides is 1. The SMILES string of the molecule is CN=C(NCc1cccc(C(=O)NC)c1)N1CCSC(C)(C)C1. The first-order valence-electron chi connectivity index (χ1n) is 7.86. The van der Waals surface area contributed by atoms with Gasteiger partial charge in [0.05, 0.1) is 0 Å². The highest BCUT2D eigenvalue weighted by Gasteiger charge is 2.28. The van der Waals surface area contributed by atoms with Gasteiger partial charge in [-0.3, -0.25) is 9.79 Å². The summed E-state index contributed by atoms with van der Waals surface area (Å²) in [5, 5.41) is 6.06. The van der Waals surface area contributed by atoms with E-state index in [0.29, 0.717) is 12.1 Å². The Bertz CT molecular complexity index is 586. The summed E-state index contributed by atoms with van der Waals surface area (Å²) in [6, 6.07) is 7.66. The van der Waals surface area contributed by atoms with Crippen LogP contribution in [0.1, 0.15) is 29.8 Å². The maximum absolute atomic E-state index is 11.7. The quantitative estimate of drug-likeness (QED) is 0.655. The van der Waals surface area contributed by atoms with Gasteiger partial charge in [-0.05, 0) is 31.5 Å². The molecule has 1 aliphatic heterocycles. The molecule has 1 heterocycles. The summed E-state index contributed by atoms with van der Waals surface area (Å²) < 4.78 is 0.245. The molecule has 0 saturated carbocycles. The van der Waals surface area contributed by atoms with Crippen molar-refractivity contribution >= 4 is 23.6 Å². The number of nitrogens with one attached hydrogen (secondary N) is 2. The van der Waals surface area contributed by atoms with Gasteiger partial charge in [0.15, 0.2) is 5.96 Å². The molecule has 1 fully saturated rings. The number of guanidine groups is 1. The summed E-state index contributed by atoms with van der Waals surface area (Å²) in [7, 11) is 3.46. The molecule has 0 radical (unpaired) electrons. The lowest BCUT2D eigenvalue weighted by Crippen LogP contribution is -2.50. The molecule has 23 heavy (non-hydrogen) atoms. The fraction of sp³-hybridized carbons (Fsp3) is 0.529. The van der Waals surface area contributed by atoms with E-state index in [0.717, 1.165) is 30.4 Å². The second kappa shape index (κ2) is 7.73. The Kier molecular flexibility index (Phi) is 5.93. The van der Waals surface area contributed by atoms with Crippen molar-refractivity contribution in [3.8, 4) is 0 Å². The van der Waals surface area contributed by atoms with Crippen LogP contribution in [0, 0.1) is 0 Å². The molecule has 1 aromatic rings. The van der Waals surface area contributed by atoms with Crippen molar-refractivity contribution in [2.75, 3.05) is 32.9 Å². The third kappa shape index (κ3) is 4.89. The van der Waals surface area contributed by atoms with Crippen LogP contribution in [0.25, 0.3) is 0 Å². The molecule has 126 valence electrons. The highest BCUT2D eigenvalue weighted by Crippen LogP contribution is 2.29. The third-order valence-electron chi connectivity index (χ3n) is 3.80. The Balaban J connectivity index is 2.00. The summed E-state index contributed by atoms with van der Waals surface area (Å²) in [6.07, 6.45) is 0. The van der Waals surface area contributed by atoms with E-state index in [1.54, 1.807) is 7.05 Å². The molecule has 1 amide bonds. The van der Waals surface area contributed by atoms with Crippen LogP contribution in [0.2, 0.25) is 0 Å². The average Bonchev–Trinajstić information content (AvgIpc) is 2.54. The smallest absolute Gasteiger partial charge is 0.251 e. The zero-order valence-corrected chi connectivity index (χ0v) is 15.2. The molecule has 1 aliphatic rings. The predicted octanol–water partition coefficient (Wildman–Crippen LogP) is 1.95. The van der Waals surface area contributed by atoms with Crippen molar-refractivity contribution in [2.24, 2.45) is 4.99 Å². The molecule has 0 spiro atoms. The Morgan fingerprint density at radius 3 is 2.87 bits per heavy atom. The van der Waals surface area contributed by atoms with Gasteiger partial charge in [0, 0.05) is 49.8 Å². The normalized spacial score (nSPS) is 17.7. The predicted molar refractivity (Wildman–Crippen MR) is 98.1 cm³/mol. The zero-order chi connectivity index (χ0) is 16.9. The van der Waals surface area contributed by atoms with E-state index in [1.165, 1.54) is 0 Å². The Hall–Kier alpha value is -1.69. The molecule has 1 aromatic carbocycles. The number of aliphatic imine (C=N–C) groups is 1. The zero-order valence-electron chi connectivity index (χ0n) is 14.3. The van der Waals surface area contributed by atoms with Crippen molar-refractivity contribution < 1.29 is 4.79 Å². The van der Waals surface area contributed by atoms with Crippen LogP contribution in [0.15, 0.2) is 29.3 Å². The van der Waals surface area contributed by atoms with Crippen molar-refractivity contribution in [1.82, 2.24) is 15.5 Å². The standard InChI is InChI=1S/C17H26N4OS/c1-17(2)12-21(8-9-23-17)16(19-4)20-11-13-6-5-7-14(10-13)15(22)18-3/h5-7,10H,8-9,11-12H2,1-4H3,(H,18,22)(H,19,20). The van der Waals surface area contributed by atoms with Gasteiger partial charge in [0.2, 0.25) is 0 Å². The van der Waals surface area contributed by atoms with Gasteiger partial charge in [-0.15, -0.1) is 0 Å². The van der Waals surface area contributed by atoms with E-state index in [2.05, 4.69) is 34.4 Å². The van der Waals surface area contributed by atoms with Crippen molar-refractivity contribution in [3.63, 3.8) is 0 Å². The Morgan fingerprint density at radius 2 is 2.22 bits per heavy atom. The monoisotopic (exact) mass is 334 g/mol. The van der Waals surface area contributed by atoms with E-state index in [9.17, 15) is 4.79 Å². The number of hydrogen-bond acceptors (Lipinski definition) is 3. The first-order valence-corrected chi connectivity index (χ1v) is 8.84. The number of thioether (sulfide) groups is 1. The van der Waals surface area contributed by atoms with E-state index in [1.807, 2.05) is 43.1 Å². The molecule has 0 unspecified atom stereocenters. The molecule has 0 aromatic heterocycles. The second-order valence-electron chi connectivity index (χ2n) is 6.21. The van der Waals surface area contributed by atoms with Crippen LogP contribution in [0.5, 0.6) is 0 Å². The van der Waals surface area contributed by atoms with Crippen molar-refractivity contribution in [3.05, 3.63) is 35.4 Å². The molecule has 5 nitrogen and oxygen atoms in total. The fourth-order valence-corrected chi connectivity index (χ4v) is 3.79. The topological polar surface area (TPSA) is 56.7 Å². The van der Waals surface area contributed by atoms with E-state index >= 15 is 0 Å². The van der Waals surface area contributed by atoms with E-state index < -0.39 is 0 Å². The maximum Gasteiger partial charge on any atom is 0.251 e. The molecule has 2 rings (SSSR count). The van der Waals surface area contributed by atoms with Crippen molar-refractivity contribution in [1.29, 1.82) is 0 Å². The minimum Gasteiger partial charge on any atom is -0.355 e. The fourth-order valence-electron chi connectivity index (χ4n) is 2.68. The van der Waals surface area contributed by atoms with Crippen LogP contribution in [0.4, 0.5) is 0 Å². The minimum atomic E-state index is -0.0639. The Labute approximate surface area is 142 Å². The van der Waals surface area contributed by atoms with Gasteiger partial charge in [-0.2, -0.15) is 11.8 Å². The van der Waals surface area contributed by atoms with Gasteiger partial charge in [0.1, 0.15) is 0 Å². The number of benzene rings is 1. The van der Waals surface area contributed by atoms with Gasteiger partial charge in [-0.1, -0.05) is 12.1 Å². The first kappa shape index (κ1) is 17.7. The van der Waals surface area contributed by atoms with Gasteiger partial charge < -0.3 is 15.5 Å². The van der Waals surface area contributed by atoms with Crippen LogP contribution in [-0.4, -0.2) is 54.5 Å². The largest absolute Gasteiger partial charge is 0.355 e. The molecular weight excluding hydrogens is 308 g/mol. The number of rotatable bonds is 3. The van der Waals surface area contributed by atoms with Gasteiger partial charge in [0.25, 0.3) is 5.91 Å². The van der Waals surface area contributed by atoms with E-state index in [-0.39, 0.29) is 10.7 Å². The number of hydrogen-bond donors (Lipinski definition) is 2. The summed E-state index contributed by atoms with van der Waals surface area (Å²) in [5.74, 6) is 1.97. The lowest BCUT2D eigenvalue weighted by Gasteiger charge is -2.39. The molecule has 6 heteroatoms. The van der Waals surface area contributed by atoms with Crippen molar-refractivity contribution in [2.45, 2.75) is 25.1 Å². The first-order chi connectivity index (χ1) is 10.9. The van der Waals surface area contributed by atoms with Gasteiger partial charge >= 0.3 is 0 Å². The van der Waals surface area contributed by atoms with Crippen LogP contribution in [0.3, 0.4) is 0 Å². The summed E-state index contributed by atoms with van der Waals surface area (Å²) in [4.78, 5) is 18.4.